The quantitative estimate of drug-likeness (QED) is 0.450. The predicted molar refractivity (Wildman–Crippen MR) is 151 cm³/mol. The fourth-order valence-corrected chi connectivity index (χ4v) is 4.65. The number of carbonyl (C=O) groups is 2. The van der Waals surface area contributed by atoms with E-state index in [0.717, 1.165) is 53.9 Å². The minimum Gasteiger partial charge on any atom is -0.368 e. The number of hydrogen-bond donors (Lipinski definition) is 2. The third-order valence-corrected chi connectivity index (χ3v) is 6.91. The highest BCUT2D eigenvalue weighted by molar-refractivity contribution is 5.93. The molecule has 8 nitrogen and oxygen atoms in total. The second kappa shape index (κ2) is 11.2. The molecule has 1 saturated heterocycles. The van der Waals surface area contributed by atoms with E-state index in [9.17, 15) is 9.59 Å². The van der Waals surface area contributed by atoms with Crippen LogP contribution in [0.1, 0.15) is 62.0 Å². The zero-order valence-corrected chi connectivity index (χ0v) is 23.0. The third-order valence-electron chi connectivity index (χ3n) is 6.91. The maximum Gasteiger partial charge on any atom is 0.254 e. The SMILES string of the molecule is C=C(C)C(=O)NC1CCCN(c2cnccc2-c2ccc(CNC(=O)c3cnn(C(C)(C)C)c3)c(C)c2)C1. The number of benzene rings is 1. The molecule has 3 heterocycles. The van der Waals surface area contributed by atoms with Gasteiger partial charge in [0.25, 0.3) is 5.91 Å². The van der Waals surface area contributed by atoms with Crippen molar-refractivity contribution in [2.75, 3.05) is 18.0 Å². The van der Waals surface area contributed by atoms with E-state index < -0.39 is 0 Å². The van der Waals surface area contributed by atoms with Gasteiger partial charge in [-0.1, -0.05) is 24.8 Å². The summed E-state index contributed by atoms with van der Waals surface area (Å²) < 4.78 is 1.80. The lowest BCUT2D eigenvalue weighted by atomic mass is 9.97. The van der Waals surface area contributed by atoms with Gasteiger partial charge in [-0.05, 0) is 70.2 Å². The number of aromatic nitrogens is 3. The van der Waals surface area contributed by atoms with Gasteiger partial charge in [-0.3, -0.25) is 19.3 Å². The van der Waals surface area contributed by atoms with Crippen LogP contribution in [0.15, 0.2) is 61.2 Å². The summed E-state index contributed by atoms with van der Waals surface area (Å²) in [5.74, 6) is -0.233. The summed E-state index contributed by atoms with van der Waals surface area (Å²) in [5, 5.41) is 10.4. The molecule has 38 heavy (non-hydrogen) atoms. The molecule has 2 N–H and O–H groups in total. The number of carbonyl (C=O) groups excluding carboxylic acids is 2. The van der Waals surface area contributed by atoms with Crippen molar-refractivity contribution in [2.45, 2.75) is 65.6 Å². The number of aryl methyl sites for hydroxylation is 1. The van der Waals surface area contributed by atoms with Crippen LogP contribution in [0.4, 0.5) is 5.69 Å². The van der Waals surface area contributed by atoms with E-state index in [0.29, 0.717) is 17.7 Å². The number of rotatable bonds is 7. The first-order chi connectivity index (χ1) is 18.0. The summed E-state index contributed by atoms with van der Waals surface area (Å²) in [4.78, 5) is 31.6. The summed E-state index contributed by atoms with van der Waals surface area (Å²) in [6.07, 6.45) is 9.04. The van der Waals surface area contributed by atoms with Crippen LogP contribution in [-0.2, 0) is 16.9 Å². The molecule has 2 amide bonds. The zero-order chi connectivity index (χ0) is 27.4. The normalized spacial score (nSPS) is 15.7. The lowest BCUT2D eigenvalue weighted by Gasteiger charge is -2.35. The van der Waals surface area contributed by atoms with Gasteiger partial charge in [0, 0.05) is 49.2 Å². The number of hydrogen-bond acceptors (Lipinski definition) is 5. The Balaban J connectivity index is 1.46. The summed E-state index contributed by atoms with van der Waals surface area (Å²) in [6.45, 7) is 15.8. The summed E-state index contributed by atoms with van der Waals surface area (Å²) in [7, 11) is 0. The van der Waals surface area contributed by atoms with Gasteiger partial charge >= 0.3 is 0 Å². The molecule has 1 atom stereocenters. The fraction of sp³-hybridized carbons (Fsp3) is 0.400. The third kappa shape index (κ3) is 6.30. The van der Waals surface area contributed by atoms with Gasteiger partial charge in [-0.15, -0.1) is 0 Å². The van der Waals surface area contributed by atoms with Crippen LogP contribution >= 0.6 is 0 Å². The van der Waals surface area contributed by atoms with E-state index in [1.54, 1.807) is 24.0 Å². The van der Waals surface area contributed by atoms with Crippen molar-refractivity contribution in [3.63, 3.8) is 0 Å². The number of amides is 2. The number of pyridine rings is 1. The Kier molecular flexibility index (Phi) is 7.99. The molecule has 200 valence electrons. The molecule has 1 aliphatic heterocycles. The lowest BCUT2D eigenvalue weighted by Crippen LogP contribution is -2.48. The maximum absolute atomic E-state index is 12.7. The van der Waals surface area contributed by atoms with Crippen LogP contribution in [0.25, 0.3) is 11.1 Å². The molecule has 3 aromatic rings. The highest BCUT2D eigenvalue weighted by atomic mass is 16.2. The van der Waals surface area contributed by atoms with Crippen LogP contribution < -0.4 is 15.5 Å². The highest BCUT2D eigenvalue weighted by Gasteiger charge is 2.24. The van der Waals surface area contributed by atoms with Gasteiger partial charge in [0.2, 0.25) is 5.91 Å². The number of piperidine rings is 1. The van der Waals surface area contributed by atoms with Crippen LogP contribution in [0.2, 0.25) is 0 Å². The van der Waals surface area contributed by atoms with Crippen molar-refractivity contribution >= 4 is 17.5 Å². The van der Waals surface area contributed by atoms with Gasteiger partial charge in [-0.25, -0.2) is 0 Å². The predicted octanol–water partition coefficient (Wildman–Crippen LogP) is 4.60. The van der Waals surface area contributed by atoms with Gasteiger partial charge in [0.05, 0.1) is 29.2 Å². The number of nitrogens with zero attached hydrogens (tertiary/aromatic N) is 4. The average Bonchev–Trinajstić information content (AvgIpc) is 3.39. The minimum absolute atomic E-state index is 0.0734. The first-order valence-corrected chi connectivity index (χ1v) is 13.1. The molecule has 0 radical (unpaired) electrons. The van der Waals surface area contributed by atoms with E-state index in [-0.39, 0.29) is 23.4 Å². The van der Waals surface area contributed by atoms with Crippen molar-refractivity contribution in [1.29, 1.82) is 0 Å². The molecular weight excluding hydrogens is 476 g/mol. The monoisotopic (exact) mass is 514 g/mol. The van der Waals surface area contributed by atoms with Gasteiger partial charge in [-0.2, -0.15) is 5.10 Å². The Labute approximate surface area is 225 Å². The van der Waals surface area contributed by atoms with Crippen LogP contribution in [0, 0.1) is 6.92 Å². The first-order valence-electron chi connectivity index (χ1n) is 13.1. The zero-order valence-electron chi connectivity index (χ0n) is 23.0. The van der Waals surface area contributed by atoms with Crippen LogP contribution in [0.5, 0.6) is 0 Å². The molecule has 1 aromatic carbocycles. The van der Waals surface area contributed by atoms with Crippen LogP contribution in [-0.4, -0.2) is 45.7 Å². The minimum atomic E-state index is -0.176. The van der Waals surface area contributed by atoms with Gasteiger partial charge in [0.1, 0.15) is 0 Å². The van der Waals surface area contributed by atoms with E-state index in [1.165, 1.54) is 0 Å². The molecule has 1 unspecified atom stereocenters. The van der Waals surface area contributed by atoms with E-state index in [4.69, 9.17) is 0 Å². The Hall–Kier alpha value is -3.94. The topological polar surface area (TPSA) is 92.2 Å². The van der Waals surface area contributed by atoms with Gasteiger partial charge in [0.15, 0.2) is 0 Å². The molecular formula is C30H38N6O2. The fourth-order valence-electron chi connectivity index (χ4n) is 4.65. The van der Waals surface area contributed by atoms with Crippen molar-refractivity contribution in [3.05, 3.63) is 77.9 Å². The van der Waals surface area contributed by atoms with E-state index in [2.05, 4.69) is 57.3 Å². The van der Waals surface area contributed by atoms with Crippen molar-refractivity contribution in [2.24, 2.45) is 0 Å². The molecule has 0 spiro atoms. The summed E-state index contributed by atoms with van der Waals surface area (Å²) in [5.41, 5.74) is 6.30. The second-order valence-electron chi connectivity index (χ2n) is 11.1. The average molecular weight is 515 g/mol. The highest BCUT2D eigenvalue weighted by Crippen LogP contribution is 2.33. The smallest absolute Gasteiger partial charge is 0.254 e. The van der Waals surface area contributed by atoms with Crippen molar-refractivity contribution in [3.8, 4) is 11.1 Å². The lowest BCUT2D eigenvalue weighted by molar-refractivity contribution is -0.118. The Morgan fingerprint density at radius 3 is 2.66 bits per heavy atom. The molecule has 0 bridgehead atoms. The maximum atomic E-state index is 12.7. The van der Waals surface area contributed by atoms with Gasteiger partial charge < -0.3 is 15.5 Å². The van der Waals surface area contributed by atoms with E-state index in [1.807, 2.05) is 39.2 Å². The molecule has 8 heteroatoms. The first kappa shape index (κ1) is 27.1. The molecule has 0 saturated carbocycles. The molecule has 1 fully saturated rings. The van der Waals surface area contributed by atoms with Crippen molar-refractivity contribution < 1.29 is 9.59 Å². The van der Waals surface area contributed by atoms with Crippen molar-refractivity contribution in [1.82, 2.24) is 25.4 Å². The largest absolute Gasteiger partial charge is 0.368 e. The second-order valence-corrected chi connectivity index (χ2v) is 11.1. The molecule has 2 aromatic heterocycles. The summed E-state index contributed by atoms with van der Waals surface area (Å²) in [6, 6.07) is 8.43. The molecule has 4 rings (SSSR count). The standard InChI is InChI=1S/C30H38N6O2/c1-20(2)28(37)34-25-8-7-13-35(19-25)27-17-31-12-11-26(27)22-9-10-23(21(3)14-22)15-32-29(38)24-16-33-36(18-24)30(4,5)6/h9-12,14,16-18,25H,1,7-8,13,15,19H2,2-6H3,(H,32,38)(H,34,37). The Morgan fingerprint density at radius 1 is 1.18 bits per heavy atom. The molecule has 0 aliphatic carbocycles. The number of nitrogens with one attached hydrogen (secondary N) is 2. The Bertz CT molecular complexity index is 1340. The molecule has 1 aliphatic rings. The van der Waals surface area contributed by atoms with E-state index >= 15 is 0 Å². The number of anilines is 1. The Morgan fingerprint density at radius 2 is 1.97 bits per heavy atom. The summed E-state index contributed by atoms with van der Waals surface area (Å²) >= 11 is 0. The van der Waals surface area contributed by atoms with Crippen LogP contribution in [0.3, 0.4) is 0 Å².